The number of nitrogens with one attached hydrogen (secondary N) is 2. The minimum absolute atomic E-state index is 0.0955. The van der Waals surface area contributed by atoms with Crippen molar-refractivity contribution in [3.05, 3.63) is 32.7 Å². The number of hydrogen-bond donors (Lipinski definition) is 2. The lowest BCUT2D eigenvalue weighted by molar-refractivity contribution is 0.640. The molecule has 1 aromatic rings. The van der Waals surface area contributed by atoms with Crippen molar-refractivity contribution in [2.24, 2.45) is 0 Å². The van der Waals surface area contributed by atoms with Gasteiger partial charge in [-0.1, -0.05) is 0 Å². The van der Waals surface area contributed by atoms with Crippen LogP contribution in [-0.2, 0) is 0 Å². The first-order valence-corrected chi connectivity index (χ1v) is 5.18. The minimum atomic E-state index is 0.0955. The topological polar surface area (TPSA) is 44.9 Å². The number of aromatic amines is 1. The molecule has 0 spiro atoms. The fraction of sp³-hybridized carbons (Fsp3) is 0.444. The molecule has 1 aromatic heterocycles. The van der Waals surface area contributed by atoms with Crippen LogP contribution in [0.2, 0.25) is 0 Å². The second kappa shape index (κ2) is 3.64. The number of hydrogen-bond acceptors (Lipinski definition) is 2. The largest absolute Gasteiger partial charge is 0.366 e. The van der Waals surface area contributed by atoms with Crippen LogP contribution in [0.5, 0.6) is 0 Å². The van der Waals surface area contributed by atoms with Gasteiger partial charge in [-0.05, 0) is 35.3 Å². The zero-order valence-corrected chi connectivity index (χ0v) is 8.73. The monoisotopic (exact) mass is 242 g/mol. The van der Waals surface area contributed by atoms with Crippen LogP contribution in [0.4, 0.5) is 0 Å². The third-order valence-corrected chi connectivity index (χ3v) is 2.95. The number of rotatable bonds is 1. The van der Waals surface area contributed by atoms with Crippen LogP contribution in [0.3, 0.4) is 0 Å². The number of halogens is 1. The van der Waals surface area contributed by atoms with E-state index in [1.165, 1.54) is 0 Å². The zero-order valence-electron chi connectivity index (χ0n) is 7.14. The molecule has 2 rings (SSSR count). The predicted octanol–water partition coefficient (Wildman–Crippen LogP) is 1.56. The third kappa shape index (κ3) is 1.69. The van der Waals surface area contributed by atoms with Gasteiger partial charge in [0.05, 0.1) is 4.47 Å². The molecule has 0 radical (unpaired) electrons. The van der Waals surface area contributed by atoms with Crippen LogP contribution in [-0.4, -0.2) is 11.5 Å². The average Bonchev–Trinajstić information content (AvgIpc) is 2.62. The standard InChI is InChI=1S/C9H11BrN2O/c10-7-5-11-4-6(9(7)13)8-2-1-3-12-8/h4-5,8,12H,1-3H2,(H,11,13)/t8-/m1/s1. The summed E-state index contributed by atoms with van der Waals surface area (Å²) in [5.41, 5.74) is 0.935. The molecule has 4 heteroatoms. The van der Waals surface area contributed by atoms with Crippen LogP contribution < -0.4 is 10.7 Å². The Labute approximate surface area is 84.7 Å². The fourth-order valence-electron chi connectivity index (χ4n) is 1.68. The lowest BCUT2D eigenvalue weighted by atomic mass is 10.1. The lowest BCUT2D eigenvalue weighted by Gasteiger charge is -2.08. The molecule has 13 heavy (non-hydrogen) atoms. The van der Waals surface area contributed by atoms with E-state index in [0.717, 1.165) is 24.9 Å². The van der Waals surface area contributed by atoms with E-state index in [-0.39, 0.29) is 11.5 Å². The van der Waals surface area contributed by atoms with Crippen molar-refractivity contribution in [2.75, 3.05) is 6.54 Å². The number of pyridine rings is 1. The van der Waals surface area contributed by atoms with Gasteiger partial charge >= 0.3 is 0 Å². The van der Waals surface area contributed by atoms with Crippen LogP contribution in [0.25, 0.3) is 0 Å². The first-order valence-electron chi connectivity index (χ1n) is 4.39. The summed E-state index contributed by atoms with van der Waals surface area (Å²) in [4.78, 5) is 14.6. The Morgan fingerprint density at radius 2 is 2.31 bits per heavy atom. The smallest absolute Gasteiger partial charge is 0.200 e. The molecule has 0 aliphatic carbocycles. The first-order chi connectivity index (χ1) is 6.29. The van der Waals surface area contributed by atoms with E-state index >= 15 is 0 Å². The van der Waals surface area contributed by atoms with E-state index in [0.29, 0.717) is 4.47 Å². The Kier molecular flexibility index (Phi) is 2.51. The van der Waals surface area contributed by atoms with Crippen molar-refractivity contribution in [1.29, 1.82) is 0 Å². The predicted molar refractivity (Wildman–Crippen MR) is 54.7 cm³/mol. The van der Waals surface area contributed by atoms with Crippen LogP contribution in [0.15, 0.2) is 21.7 Å². The van der Waals surface area contributed by atoms with Crippen molar-refractivity contribution in [3.8, 4) is 0 Å². The van der Waals surface area contributed by atoms with Gasteiger partial charge in [0.2, 0.25) is 0 Å². The maximum atomic E-state index is 11.6. The summed E-state index contributed by atoms with van der Waals surface area (Å²) >= 11 is 3.22. The molecule has 1 aliphatic rings. The highest BCUT2D eigenvalue weighted by Crippen LogP contribution is 2.20. The Hall–Kier alpha value is -0.610. The highest BCUT2D eigenvalue weighted by atomic mass is 79.9. The molecule has 2 N–H and O–H groups in total. The fourth-order valence-corrected chi connectivity index (χ4v) is 2.04. The molecule has 1 fully saturated rings. The molecule has 1 saturated heterocycles. The summed E-state index contributed by atoms with van der Waals surface area (Å²) in [5.74, 6) is 0. The zero-order chi connectivity index (χ0) is 9.26. The first kappa shape index (κ1) is 8.97. The molecule has 3 nitrogen and oxygen atoms in total. The summed E-state index contributed by atoms with van der Waals surface area (Å²) in [6.45, 7) is 1.01. The molecule has 0 unspecified atom stereocenters. The van der Waals surface area contributed by atoms with Gasteiger partial charge in [0.1, 0.15) is 0 Å². The van der Waals surface area contributed by atoms with E-state index in [9.17, 15) is 4.79 Å². The lowest BCUT2D eigenvalue weighted by Crippen LogP contribution is -2.21. The molecular weight excluding hydrogens is 232 g/mol. The van der Waals surface area contributed by atoms with Crippen LogP contribution in [0.1, 0.15) is 24.4 Å². The summed E-state index contributed by atoms with van der Waals surface area (Å²) in [6.07, 6.45) is 5.66. The average molecular weight is 243 g/mol. The van der Waals surface area contributed by atoms with Crippen molar-refractivity contribution in [2.45, 2.75) is 18.9 Å². The second-order valence-corrected chi connectivity index (χ2v) is 4.09. The Bertz CT molecular complexity index is 355. The highest BCUT2D eigenvalue weighted by Gasteiger charge is 2.19. The molecule has 70 valence electrons. The number of aromatic nitrogens is 1. The van der Waals surface area contributed by atoms with Crippen molar-refractivity contribution >= 4 is 15.9 Å². The van der Waals surface area contributed by atoms with E-state index < -0.39 is 0 Å². The van der Waals surface area contributed by atoms with Crippen molar-refractivity contribution in [3.63, 3.8) is 0 Å². The molecule has 0 saturated carbocycles. The summed E-state index contributed by atoms with van der Waals surface area (Å²) in [7, 11) is 0. The van der Waals surface area contributed by atoms with E-state index in [1.807, 2.05) is 0 Å². The molecule has 0 aromatic carbocycles. The van der Waals surface area contributed by atoms with Gasteiger partial charge in [0, 0.05) is 24.0 Å². The van der Waals surface area contributed by atoms with Gasteiger partial charge in [-0.2, -0.15) is 0 Å². The number of H-pyrrole nitrogens is 1. The van der Waals surface area contributed by atoms with Crippen molar-refractivity contribution < 1.29 is 0 Å². The highest BCUT2D eigenvalue weighted by molar-refractivity contribution is 9.10. The summed E-state index contributed by atoms with van der Waals surface area (Å²) in [6, 6.07) is 0.237. The Balaban J connectivity index is 2.39. The van der Waals surface area contributed by atoms with Gasteiger partial charge < -0.3 is 10.3 Å². The van der Waals surface area contributed by atoms with E-state index in [2.05, 4.69) is 26.2 Å². The maximum Gasteiger partial charge on any atom is 0.200 e. The molecule has 1 atom stereocenters. The maximum absolute atomic E-state index is 11.6. The molecule has 0 bridgehead atoms. The Morgan fingerprint density at radius 3 is 3.00 bits per heavy atom. The van der Waals surface area contributed by atoms with Gasteiger partial charge in [0.25, 0.3) is 0 Å². The van der Waals surface area contributed by atoms with E-state index in [4.69, 9.17) is 0 Å². The molecule has 1 aliphatic heterocycles. The van der Waals surface area contributed by atoms with Gasteiger partial charge in [0.15, 0.2) is 5.43 Å². The normalized spacial score (nSPS) is 22.1. The van der Waals surface area contributed by atoms with Gasteiger partial charge in [-0.15, -0.1) is 0 Å². The van der Waals surface area contributed by atoms with E-state index in [1.54, 1.807) is 12.4 Å². The molecular formula is C9H11BrN2O. The van der Waals surface area contributed by atoms with Crippen LogP contribution >= 0.6 is 15.9 Å². The third-order valence-electron chi connectivity index (χ3n) is 2.36. The summed E-state index contributed by atoms with van der Waals surface area (Å²) < 4.78 is 0.610. The van der Waals surface area contributed by atoms with Crippen molar-refractivity contribution in [1.82, 2.24) is 10.3 Å². The minimum Gasteiger partial charge on any atom is -0.366 e. The SMILES string of the molecule is O=c1c(Br)c[nH]cc1[C@H]1CCCN1. The second-order valence-electron chi connectivity index (χ2n) is 3.24. The van der Waals surface area contributed by atoms with Gasteiger partial charge in [-0.25, -0.2) is 0 Å². The molecule has 0 amide bonds. The Morgan fingerprint density at radius 1 is 1.46 bits per heavy atom. The molecule has 2 heterocycles. The summed E-state index contributed by atoms with van der Waals surface area (Å²) in [5, 5.41) is 3.30. The quantitative estimate of drug-likeness (QED) is 0.786. The van der Waals surface area contributed by atoms with Crippen LogP contribution in [0, 0.1) is 0 Å². The van der Waals surface area contributed by atoms with Gasteiger partial charge in [-0.3, -0.25) is 4.79 Å².